The summed E-state index contributed by atoms with van der Waals surface area (Å²) in [5, 5.41) is 12.2. The van der Waals surface area contributed by atoms with Gasteiger partial charge in [0.15, 0.2) is 0 Å². The predicted molar refractivity (Wildman–Crippen MR) is 81.5 cm³/mol. The van der Waals surface area contributed by atoms with Gasteiger partial charge in [-0.15, -0.1) is 0 Å². The SMILES string of the molecule is CC(C)NCc1ccc(Br)cc1N(CCO)CC(F)(F)F. The van der Waals surface area contributed by atoms with Gasteiger partial charge in [0, 0.05) is 29.3 Å². The topological polar surface area (TPSA) is 35.5 Å². The Morgan fingerprint density at radius 1 is 1.33 bits per heavy atom. The van der Waals surface area contributed by atoms with Gasteiger partial charge in [-0.25, -0.2) is 0 Å². The number of hydrogen-bond acceptors (Lipinski definition) is 3. The lowest BCUT2D eigenvalue weighted by molar-refractivity contribution is -0.119. The first-order valence-corrected chi connectivity index (χ1v) is 7.46. The Balaban J connectivity index is 3.06. The van der Waals surface area contributed by atoms with Crippen molar-refractivity contribution in [2.45, 2.75) is 32.6 Å². The summed E-state index contributed by atoms with van der Waals surface area (Å²) in [6.07, 6.45) is -4.32. The van der Waals surface area contributed by atoms with Crippen molar-refractivity contribution in [3.05, 3.63) is 28.2 Å². The molecule has 0 radical (unpaired) electrons. The predicted octanol–water partition coefficient (Wildman–Crippen LogP) is 3.31. The molecular formula is C14H20BrF3N2O. The molecule has 1 aromatic carbocycles. The van der Waals surface area contributed by atoms with Gasteiger partial charge in [-0.1, -0.05) is 35.8 Å². The molecule has 0 bridgehead atoms. The minimum Gasteiger partial charge on any atom is -0.395 e. The third-order valence-corrected chi connectivity index (χ3v) is 3.32. The van der Waals surface area contributed by atoms with Crippen molar-refractivity contribution in [3.8, 4) is 0 Å². The lowest BCUT2D eigenvalue weighted by atomic mass is 10.1. The van der Waals surface area contributed by atoms with E-state index in [1.807, 2.05) is 13.8 Å². The third-order valence-electron chi connectivity index (χ3n) is 2.83. The van der Waals surface area contributed by atoms with Crippen LogP contribution >= 0.6 is 15.9 Å². The molecule has 0 spiro atoms. The zero-order valence-electron chi connectivity index (χ0n) is 12.0. The van der Waals surface area contributed by atoms with E-state index in [1.54, 1.807) is 18.2 Å². The molecule has 0 atom stereocenters. The highest BCUT2D eigenvalue weighted by atomic mass is 79.9. The summed E-state index contributed by atoms with van der Waals surface area (Å²) in [5.41, 5.74) is 1.24. The average Bonchev–Trinajstić information content (AvgIpc) is 2.35. The number of benzene rings is 1. The molecule has 7 heteroatoms. The highest BCUT2D eigenvalue weighted by Crippen LogP contribution is 2.28. The molecule has 0 unspecified atom stereocenters. The molecule has 2 N–H and O–H groups in total. The monoisotopic (exact) mass is 368 g/mol. The molecule has 1 aromatic rings. The van der Waals surface area contributed by atoms with Gasteiger partial charge in [0.05, 0.1) is 6.61 Å². The first kappa shape index (κ1) is 18.3. The molecule has 0 aromatic heterocycles. The highest BCUT2D eigenvalue weighted by Gasteiger charge is 2.31. The molecule has 0 fully saturated rings. The maximum absolute atomic E-state index is 12.7. The zero-order chi connectivity index (χ0) is 16.0. The Kier molecular flexibility index (Phi) is 6.96. The molecule has 21 heavy (non-hydrogen) atoms. The van der Waals surface area contributed by atoms with E-state index in [0.717, 1.165) is 10.5 Å². The average molecular weight is 369 g/mol. The molecule has 1 rings (SSSR count). The molecule has 120 valence electrons. The Hall–Kier alpha value is -0.790. The fourth-order valence-electron chi connectivity index (χ4n) is 1.92. The number of nitrogens with zero attached hydrogens (tertiary/aromatic N) is 1. The van der Waals surface area contributed by atoms with Crippen LogP contribution in [0.2, 0.25) is 0 Å². The molecule has 0 amide bonds. The molecule has 0 aliphatic heterocycles. The largest absolute Gasteiger partial charge is 0.405 e. The molecule has 0 heterocycles. The third kappa shape index (κ3) is 6.67. The Morgan fingerprint density at radius 2 is 2.00 bits per heavy atom. The van der Waals surface area contributed by atoms with Crippen LogP contribution in [-0.4, -0.2) is 37.0 Å². The number of rotatable bonds is 7. The number of nitrogens with one attached hydrogen (secondary N) is 1. The van der Waals surface area contributed by atoms with E-state index < -0.39 is 12.7 Å². The van der Waals surface area contributed by atoms with Gasteiger partial charge in [-0.05, 0) is 17.7 Å². The van der Waals surface area contributed by atoms with Crippen molar-refractivity contribution in [1.82, 2.24) is 5.32 Å². The summed E-state index contributed by atoms with van der Waals surface area (Å²) >= 11 is 3.28. The van der Waals surface area contributed by atoms with E-state index in [9.17, 15) is 13.2 Å². The van der Waals surface area contributed by atoms with Crippen LogP contribution in [0.3, 0.4) is 0 Å². The van der Waals surface area contributed by atoms with E-state index in [-0.39, 0.29) is 19.2 Å². The highest BCUT2D eigenvalue weighted by molar-refractivity contribution is 9.10. The Labute approximate surface area is 131 Å². The summed E-state index contributed by atoms with van der Waals surface area (Å²) in [4.78, 5) is 1.15. The number of alkyl halides is 3. The Morgan fingerprint density at radius 3 is 2.52 bits per heavy atom. The summed E-state index contributed by atoms with van der Waals surface area (Å²) in [6, 6.07) is 5.47. The fraction of sp³-hybridized carbons (Fsp3) is 0.571. The summed E-state index contributed by atoms with van der Waals surface area (Å²) in [5.74, 6) is 0. The first-order chi connectivity index (χ1) is 9.73. The van der Waals surface area contributed by atoms with Gasteiger partial charge in [0.25, 0.3) is 0 Å². The van der Waals surface area contributed by atoms with Crippen LogP contribution in [-0.2, 0) is 6.54 Å². The van der Waals surface area contributed by atoms with Gasteiger partial charge in [0.2, 0.25) is 0 Å². The maximum atomic E-state index is 12.7. The van der Waals surface area contributed by atoms with E-state index in [2.05, 4.69) is 21.2 Å². The maximum Gasteiger partial charge on any atom is 0.405 e. The standard InChI is InChI=1S/C14H20BrF3N2O/c1-10(2)19-8-11-3-4-12(15)7-13(11)20(5-6-21)9-14(16,17)18/h3-4,7,10,19,21H,5-6,8-9H2,1-2H3. The second kappa shape index (κ2) is 8.00. The number of hydrogen-bond donors (Lipinski definition) is 2. The second-order valence-corrected chi connectivity index (χ2v) is 5.98. The number of anilines is 1. The molecular weight excluding hydrogens is 349 g/mol. The minimum atomic E-state index is -4.32. The van der Waals surface area contributed by atoms with E-state index in [0.29, 0.717) is 16.7 Å². The summed E-state index contributed by atoms with van der Waals surface area (Å²) < 4.78 is 38.8. The van der Waals surface area contributed by atoms with Crippen molar-refractivity contribution in [2.75, 3.05) is 24.6 Å². The number of aliphatic hydroxyl groups is 1. The van der Waals surface area contributed by atoms with Crippen LogP contribution in [0.5, 0.6) is 0 Å². The fourth-order valence-corrected chi connectivity index (χ4v) is 2.27. The van der Waals surface area contributed by atoms with Gasteiger partial charge in [-0.2, -0.15) is 13.2 Å². The van der Waals surface area contributed by atoms with E-state index >= 15 is 0 Å². The molecule has 3 nitrogen and oxygen atoms in total. The van der Waals surface area contributed by atoms with Crippen molar-refractivity contribution >= 4 is 21.6 Å². The van der Waals surface area contributed by atoms with Crippen LogP contribution in [0.4, 0.5) is 18.9 Å². The van der Waals surface area contributed by atoms with Crippen LogP contribution in [0.25, 0.3) is 0 Å². The van der Waals surface area contributed by atoms with Crippen LogP contribution in [0.15, 0.2) is 22.7 Å². The van der Waals surface area contributed by atoms with Crippen molar-refractivity contribution in [2.24, 2.45) is 0 Å². The van der Waals surface area contributed by atoms with Gasteiger partial charge in [-0.3, -0.25) is 0 Å². The zero-order valence-corrected chi connectivity index (χ0v) is 13.6. The molecule has 0 aliphatic carbocycles. The first-order valence-electron chi connectivity index (χ1n) is 6.67. The van der Waals surface area contributed by atoms with Crippen LogP contribution in [0, 0.1) is 0 Å². The molecule has 0 saturated heterocycles. The molecule has 0 aliphatic rings. The Bertz CT molecular complexity index is 452. The van der Waals surface area contributed by atoms with Gasteiger partial charge in [0.1, 0.15) is 6.54 Å². The van der Waals surface area contributed by atoms with E-state index in [1.165, 1.54) is 0 Å². The van der Waals surface area contributed by atoms with Crippen LogP contribution in [0.1, 0.15) is 19.4 Å². The van der Waals surface area contributed by atoms with Crippen LogP contribution < -0.4 is 10.2 Å². The normalized spacial score (nSPS) is 12.0. The minimum absolute atomic E-state index is 0.0648. The molecule has 0 saturated carbocycles. The second-order valence-electron chi connectivity index (χ2n) is 5.07. The summed E-state index contributed by atoms with van der Waals surface area (Å²) in [6.45, 7) is 2.93. The van der Waals surface area contributed by atoms with Crippen molar-refractivity contribution in [3.63, 3.8) is 0 Å². The van der Waals surface area contributed by atoms with E-state index in [4.69, 9.17) is 5.11 Å². The van der Waals surface area contributed by atoms with Crippen molar-refractivity contribution in [1.29, 1.82) is 0 Å². The van der Waals surface area contributed by atoms with Crippen molar-refractivity contribution < 1.29 is 18.3 Å². The quantitative estimate of drug-likeness (QED) is 0.774. The lowest BCUT2D eigenvalue weighted by Gasteiger charge is -2.28. The lowest BCUT2D eigenvalue weighted by Crippen LogP contribution is -2.37. The number of aliphatic hydroxyl groups excluding tert-OH is 1. The smallest absolute Gasteiger partial charge is 0.395 e. The van der Waals surface area contributed by atoms with Gasteiger partial charge >= 0.3 is 6.18 Å². The summed E-state index contributed by atoms with van der Waals surface area (Å²) in [7, 11) is 0. The number of halogens is 4. The van der Waals surface area contributed by atoms with Gasteiger partial charge < -0.3 is 15.3 Å².